The first kappa shape index (κ1) is 14.6. The summed E-state index contributed by atoms with van der Waals surface area (Å²) in [5.41, 5.74) is 0.705. The summed E-state index contributed by atoms with van der Waals surface area (Å²) in [5.74, 6) is -0.343. The molecule has 0 saturated heterocycles. The van der Waals surface area contributed by atoms with Gasteiger partial charge in [-0.05, 0) is 46.6 Å². The van der Waals surface area contributed by atoms with Gasteiger partial charge in [0.05, 0.1) is 8.68 Å². The van der Waals surface area contributed by atoms with Crippen LogP contribution in [0, 0.1) is 12.7 Å². The van der Waals surface area contributed by atoms with Crippen LogP contribution in [-0.4, -0.2) is 8.42 Å². The highest BCUT2D eigenvalue weighted by Gasteiger charge is 2.19. The van der Waals surface area contributed by atoms with E-state index in [4.69, 9.17) is 0 Å². The molecule has 1 aromatic heterocycles. The highest BCUT2D eigenvalue weighted by molar-refractivity contribution is 9.11. The van der Waals surface area contributed by atoms with Gasteiger partial charge in [0, 0.05) is 11.4 Å². The van der Waals surface area contributed by atoms with Crippen molar-refractivity contribution in [1.29, 1.82) is 0 Å². The van der Waals surface area contributed by atoms with E-state index in [0.717, 1.165) is 8.66 Å². The number of sulfonamides is 1. The van der Waals surface area contributed by atoms with Crippen LogP contribution in [0.5, 0.6) is 0 Å². The van der Waals surface area contributed by atoms with Gasteiger partial charge in [-0.25, -0.2) is 17.5 Å². The summed E-state index contributed by atoms with van der Waals surface area (Å²) in [4.78, 5) is 0.991. The van der Waals surface area contributed by atoms with Crippen molar-refractivity contribution in [2.24, 2.45) is 0 Å². The molecular weight excluding hydrogens is 353 g/mol. The van der Waals surface area contributed by atoms with Crippen molar-refractivity contribution in [3.63, 3.8) is 0 Å². The third kappa shape index (κ3) is 3.62. The Morgan fingerprint density at radius 2 is 1.95 bits per heavy atom. The van der Waals surface area contributed by atoms with E-state index in [1.165, 1.54) is 23.5 Å². The van der Waals surface area contributed by atoms with Crippen molar-refractivity contribution >= 4 is 37.3 Å². The molecule has 0 atom stereocenters. The zero-order chi connectivity index (χ0) is 14.0. The molecule has 0 spiro atoms. The molecule has 0 fully saturated rings. The zero-order valence-corrected chi connectivity index (χ0v) is 13.2. The van der Waals surface area contributed by atoms with Gasteiger partial charge in [0.15, 0.2) is 0 Å². The van der Waals surface area contributed by atoms with Crippen molar-refractivity contribution < 1.29 is 12.8 Å². The average Bonchev–Trinajstić information content (AvgIpc) is 2.69. The third-order valence-corrected chi connectivity index (χ3v) is 5.72. The van der Waals surface area contributed by atoms with Gasteiger partial charge in [0.1, 0.15) is 5.82 Å². The summed E-state index contributed by atoms with van der Waals surface area (Å²) in [5, 5.41) is 0. The summed E-state index contributed by atoms with van der Waals surface area (Å²) < 4.78 is 40.2. The number of nitrogens with one attached hydrogen (secondary N) is 1. The molecule has 0 bridgehead atoms. The molecule has 0 radical (unpaired) electrons. The minimum absolute atomic E-state index is 0.134. The van der Waals surface area contributed by atoms with Crippen molar-refractivity contribution in [3.05, 3.63) is 50.4 Å². The molecule has 1 heterocycles. The Hall–Kier alpha value is -0.760. The van der Waals surface area contributed by atoms with Crippen LogP contribution < -0.4 is 4.72 Å². The number of halogens is 2. The van der Waals surface area contributed by atoms with E-state index in [-0.39, 0.29) is 17.3 Å². The van der Waals surface area contributed by atoms with Gasteiger partial charge in [-0.2, -0.15) is 0 Å². The largest absolute Gasteiger partial charge is 0.242 e. The maximum Gasteiger partial charge on any atom is 0.242 e. The molecule has 0 unspecified atom stereocenters. The lowest BCUT2D eigenvalue weighted by Crippen LogP contribution is -2.23. The third-order valence-electron chi connectivity index (χ3n) is 2.51. The van der Waals surface area contributed by atoms with Gasteiger partial charge in [-0.3, -0.25) is 0 Å². The Bertz CT molecular complexity index is 680. The quantitative estimate of drug-likeness (QED) is 0.904. The molecule has 1 N–H and O–H groups in total. The van der Waals surface area contributed by atoms with Crippen LogP contribution in [-0.2, 0) is 16.6 Å². The predicted molar refractivity (Wildman–Crippen MR) is 77.2 cm³/mol. The van der Waals surface area contributed by atoms with Crippen LogP contribution in [0.25, 0.3) is 0 Å². The number of thiophene rings is 1. The first-order valence-electron chi connectivity index (χ1n) is 5.38. The molecule has 102 valence electrons. The summed E-state index contributed by atoms with van der Waals surface area (Å²) in [6.45, 7) is 1.89. The Balaban J connectivity index is 2.14. The van der Waals surface area contributed by atoms with Crippen LogP contribution >= 0.6 is 27.3 Å². The molecule has 19 heavy (non-hydrogen) atoms. The minimum atomic E-state index is -3.54. The van der Waals surface area contributed by atoms with Crippen molar-refractivity contribution in [1.82, 2.24) is 4.72 Å². The van der Waals surface area contributed by atoms with Crippen LogP contribution in [0.15, 0.2) is 39.0 Å². The second-order valence-electron chi connectivity index (χ2n) is 3.92. The second kappa shape index (κ2) is 5.70. The normalized spacial score (nSPS) is 11.7. The van der Waals surface area contributed by atoms with Gasteiger partial charge in [0.25, 0.3) is 0 Å². The van der Waals surface area contributed by atoms with Crippen molar-refractivity contribution in [2.45, 2.75) is 18.4 Å². The molecular formula is C12H11BrFNO2S2. The van der Waals surface area contributed by atoms with Crippen LogP contribution in [0.3, 0.4) is 0 Å². The van der Waals surface area contributed by atoms with Gasteiger partial charge in [-0.1, -0.05) is 12.1 Å². The predicted octanol–water partition coefficient (Wildman–Crippen LogP) is 3.44. The molecule has 2 aromatic rings. The van der Waals surface area contributed by atoms with Crippen LogP contribution in [0.4, 0.5) is 4.39 Å². The van der Waals surface area contributed by atoms with Crippen LogP contribution in [0.2, 0.25) is 0 Å². The van der Waals surface area contributed by atoms with Crippen molar-refractivity contribution in [2.75, 3.05) is 0 Å². The molecule has 0 aliphatic heterocycles. The summed E-state index contributed by atoms with van der Waals surface area (Å²) in [6.07, 6.45) is 0. The van der Waals surface area contributed by atoms with Gasteiger partial charge in [0.2, 0.25) is 10.0 Å². The lowest BCUT2D eigenvalue weighted by atomic mass is 10.2. The SMILES string of the molecule is Cc1sc(Br)cc1S(=O)(=O)NCc1ccc(F)cc1. The van der Waals surface area contributed by atoms with E-state index in [9.17, 15) is 12.8 Å². The maximum absolute atomic E-state index is 12.7. The van der Waals surface area contributed by atoms with Crippen molar-refractivity contribution in [3.8, 4) is 0 Å². The minimum Gasteiger partial charge on any atom is -0.207 e. The zero-order valence-electron chi connectivity index (χ0n) is 9.98. The Morgan fingerprint density at radius 3 is 2.47 bits per heavy atom. The fraction of sp³-hybridized carbons (Fsp3) is 0.167. The molecule has 1 aromatic carbocycles. The average molecular weight is 364 g/mol. The lowest BCUT2D eigenvalue weighted by molar-refractivity contribution is 0.581. The van der Waals surface area contributed by atoms with Gasteiger partial charge >= 0.3 is 0 Å². The first-order valence-corrected chi connectivity index (χ1v) is 8.48. The topological polar surface area (TPSA) is 46.2 Å². The smallest absolute Gasteiger partial charge is 0.207 e. The molecule has 0 saturated carbocycles. The summed E-state index contributed by atoms with van der Waals surface area (Å²) in [7, 11) is -3.54. The highest BCUT2D eigenvalue weighted by Crippen LogP contribution is 2.29. The highest BCUT2D eigenvalue weighted by atomic mass is 79.9. The fourth-order valence-corrected chi connectivity index (χ4v) is 4.99. The van der Waals surface area contributed by atoms with E-state index in [0.29, 0.717) is 5.56 Å². The second-order valence-corrected chi connectivity index (χ2v) is 8.29. The number of hydrogen-bond donors (Lipinski definition) is 1. The monoisotopic (exact) mass is 363 g/mol. The Kier molecular flexibility index (Phi) is 4.39. The van der Waals surface area contributed by atoms with E-state index < -0.39 is 10.0 Å². The Labute approximate surface area is 123 Å². The fourth-order valence-electron chi connectivity index (χ4n) is 1.56. The number of rotatable bonds is 4. The summed E-state index contributed by atoms with van der Waals surface area (Å²) in [6, 6.07) is 7.28. The maximum atomic E-state index is 12.7. The van der Waals surface area contributed by atoms with Crippen LogP contribution in [0.1, 0.15) is 10.4 Å². The number of hydrogen-bond acceptors (Lipinski definition) is 3. The van der Waals surface area contributed by atoms with E-state index >= 15 is 0 Å². The number of aryl methyl sites for hydroxylation is 1. The van der Waals surface area contributed by atoms with Gasteiger partial charge in [-0.15, -0.1) is 11.3 Å². The molecule has 0 aliphatic carbocycles. The Morgan fingerprint density at radius 1 is 1.32 bits per heavy atom. The summed E-state index contributed by atoms with van der Waals surface area (Å²) >= 11 is 4.63. The van der Waals surface area contributed by atoms with E-state index in [2.05, 4.69) is 20.7 Å². The van der Waals surface area contributed by atoms with E-state index in [1.807, 2.05) is 0 Å². The van der Waals surface area contributed by atoms with E-state index in [1.54, 1.807) is 25.1 Å². The van der Waals surface area contributed by atoms with Gasteiger partial charge < -0.3 is 0 Å². The molecule has 0 amide bonds. The lowest BCUT2D eigenvalue weighted by Gasteiger charge is -2.06. The molecule has 3 nitrogen and oxygen atoms in total. The molecule has 7 heteroatoms. The number of benzene rings is 1. The molecule has 0 aliphatic rings. The molecule has 2 rings (SSSR count). The first-order chi connectivity index (χ1) is 8.88. The standard InChI is InChI=1S/C12H11BrFNO2S2/c1-8-11(6-12(13)18-8)19(16,17)15-7-9-2-4-10(14)5-3-9/h2-6,15H,7H2,1H3.